The van der Waals surface area contributed by atoms with Crippen molar-refractivity contribution in [3.8, 4) is 0 Å². The largest absolute Gasteiger partial charge is 0.462 e. The summed E-state index contributed by atoms with van der Waals surface area (Å²) in [6, 6.07) is 0. The van der Waals surface area contributed by atoms with E-state index < -0.39 is 0 Å². The highest BCUT2D eigenvalue weighted by Crippen LogP contribution is 2.74. The normalized spacial score (nSPS) is 47.9. The molecule has 3 heteroatoms. The summed E-state index contributed by atoms with van der Waals surface area (Å²) < 4.78 is 12.6. The van der Waals surface area contributed by atoms with E-state index in [0.29, 0.717) is 17.9 Å². The van der Waals surface area contributed by atoms with Crippen molar-refractivity contribution in [3.05, 3.63) is 0 Å². The molecule has 5 aliphatic rings. The first-order valence-corrected chi connectivity index (χ1v) is 15.0. The second-order valence-corrected chi connectivity index (χ2v) is 14.2. The molecule has 34 heavy (non-hydrogen) atoms. The number of hydrogen-bond donors (Lipinski definition) is 0. The van der Waals surface area contributed by atoms with Crippen LogP contribution in [0.1, 0.15) is 125 Å². The molecule has 5 fully saturated rings. The van der Waals surface area contributed by atoms with Gasteiger partial charge in [-0.05, 0) is 92.3 Å². The van der Waals surface area contributed by atoms with Gasteiger partial charge in [0.2, 0.25) is 0 Å². The molecule has 3 nitrogen and oxygen atoms in total. The maximum Gasteiger partial charge on any atom is 0.306 e. The fourth-order valence-corrected chi connectivity index (χ4v) is 10.2. The van der Waals surface area contributed by atoms with E-state index in [0.717, 1.165) is 54.8 Å². The van der Waals surface area contributed by atoms with Crippen LogP contribution in [-0.4, -0.2) is 23.8 Å². The molecule has 0 aromatic heterocycles. The Morgan fingerprint density at radius 2 is 1.82 bits per heavy atom. The number of carbonyl (C=O) groups is 1. The molecule has 1 spiro atoms. The summed E-state index contributed by atoms with van der Waals surface area (Å²) in [5, 5.41) is 0. The third-order valence-corrected chi connectivity index (χ3v) is 12.0. The van der Waals surface area contributed by atoms with E-state index in [4.69, 9.17) is 9.47 Å². The van der Waals surface area contributed by atoms with Gasteiger partial charge in [0.15, 0.2) is 0 Å². The lowest BCUT2D eigenvalue weighted by atomic mass is 9.44. The van der Waals surface area contributed by atoms with Crippen LogP contribution in [0.15, 0.2) is 0 Å². The van der Waals surface area contributed by atoms with Crippen molar-refractivity contribution in [1.29, 1.82) is 0 Å². The third kappa shape index (κ3) is 3.90. The minimum Gasteiger partial charge on any atom is -0.462 e. The molecule has 5 rings (SSSR count). The SMILES string of the molecule is CCCC(=O)O[C@H]1CC[C@]2(C)[C@H]3CC[C@]4(C)[C@@H]([C@H](C)CCCC(C)C)CC[C@H]4[C@@H]3C[C@@H]3OC32C1. The van der Waals surface area contributed by atoms with Crippen molar-refractivity contribution >= 4 is 5.97 Å². The van der Waals surface area contributed by atoms with E-state index in [-0.39, 0.29) is 23.1 Å². The summed E-state index contributed by atoms with van der Waals surface area (Å²) in [4.78, 5) is 12.2. The lowest BCUT2D eigenvalue weighted by molar-refractivity contribution is -0.160. The molecule has 0 N–H and O–H groups in total. The first-order chi connectivity index (χ1) is 16.1. The van der Waals surface area contributed by atoms with Crippen LogP contribution in [0, 0.1) is 46.3 Å². The van der Waals surface area contributed by atoms with E-state index in [2.05, 4.69) is 41.5 Å². The fourth-order valence-electron chi connectivity index (χ4n) is 10.2. The molecule has 1 saturated heterocycles. The van der Waals surface area contributed by atoms with Gasteiger partial charge in [0.1, 0.15) is 11.7 Å². The Morgan fingerprint density at radius 1 is 1.03 bits per heavy atom. The van der Waals surface area contributed by atoms with Gasteiger partial charge in [0.25, 0.3) is 0 Å². The van der Waals surface area contributed by atoms with E-state index in [9.17, 15) is 4.79 Å². The molecule has 1 heterocycles. The van der Waals surface area contributed by atoms with Gasteiger partial charge in [0.05, 0.1) is 6.10 Å². The monoisotopic (exact) mass is 472 g/mol. The lowest BCUT2D eigenvalue weighted by Crippen LogP contribution is -2.59. The van der Waals surface area contributed by atoms with Crippen molar-refractivity contribution in [2.75, 3.05) is 0 Å². The zero-order chi connectivity index (χ0) is 24.3. The quantitative estimate of drug-likeness (QED) is 0.266. The summed E-state index contributed by atoms with van der Waals surface area (Å²) in [7, 11) is 0. The highest BCUT2D eigenvalue weighted by Gasteiger charge is 2.76. The highest BCUT2D eigenvalue weighted by molar-refractivity contribution is 5.69. The number of fused-ring (bicyclic) bond motifs is 4. The summed E-state index contributed by atoms with van der Waals surface area (Å²) in [5.74, 6) is 5.15. The second kappa shape index (κ2) is 9.07. The number of ether oxygens (including phenoxy) is 2. The minimum absolute atomic E-state index is 0.000533. The Kier molecular flexibility index (Phi) is 6.69. The van der Waals surface area contributed by atoms with Crippen LogP contribution in [-0.2, 0) is 14.3 Å². The predicted octanol–water partition coefficient (Wildman–Crippen LogP) is 7.95. The molecule has 1 unspecified atom stereocenters. The maximum atomic E-state index is 12.2. The van der Waals surface area contributed by atoms with Crippen molar-refractivity contribution in [1.82, 2.24) is 0 Å². The molecule has 4 saturated carbocycles. The average Bonchev–Trinajstić information content (AvgIpc) is 3.34. The van der Waals surface area contributed by atoms with Crippen LogP contribution in [0.5, 0.6) is 0 Å². The zero-order valence-corrected chi connectivity index (χ0v) is 23.0. The minimum atomic E-state index is -0.00802. The summed E-state index contributed by atoms with van der Waals surface area (Å²) >= 11 is 0. The Morgan fingerprint density at radius 3 is 2.56 bits per heavy atom. The van der Waals surface area contributed by atoms with E-state index in [1.54, 1.807) is 0 Å². The van der Waals surface area contributed by atoms with Gasteiger partial charge in [-0.1, -0.05) is 60.8 Å². The number of carbonyl (C=O) groups excluding carboxylic acids is 1. The van der Waals surface area contributed by atoms with Crippen molar-refractivity contribution in [2.45, 2.75) is 143 Å². The van der Waals surface area contributed by atoms with Gasteiger partial charge in [-0.2, -0.15) is 0 Å². The van der Waals surface area contributed by atoms with Crippen LogP contribution < -0.4 is 0 Å². The number of rotatable bonds is 8. The Hall–Kier alpha value is -0.570. The number of hydrogen-bond acceptors (Lipinski definition) is 3. The van der Waals surface area contributed by atoms with Gasteiger partial charge in [-0.15, -0.1) is 0 Å². The average molecular weight is 473 g/mol. The Balaban J connectivity index is 1.27. The van der Waals surface area contributed by atoms with Crippen LogP contribution in [0.2, 0.25) is 0 Å². The van der Waals surface area contributed by atoms with Crippen molar-refractivity contribution in [2.24, 2.45) is 46.3 Å². The molecule has 0 aromatic carbocycles. The number of esters is 1. The van der Waals surface area contributed by atoms with Crippen LogP contribution in [0.3, 0.4) is 0 Å². The molecule has 0 bridgehead atoms. The molecular weight excluding hydrogens is 420 g/mol. The lowest BCUT2D eigenvalue weighted by Gasteiger charge is -2.59. The summed E-state index contributed by atoms with van der Waals surface area (Å²) in [6.45, 7) is 14.6. The zero-order valence-electron chi connectivity index (χ0n) is 23.0. The molecule has 1 aliphatic heterocycles. The Labute approximate surface area is 209 Å². The Bertz CT molecular complexity index is 762. The van der Waals surface area contributed by atoms with Crippen LogP contribution in [0.4, 0.5) is 0 Å². The highest BCUT2D eigenvalue weighted by atomic mass is 16.6. The first kappa shape index (κ1) is 25.1. The maximum absolute atomic E-state index is 12.2. The van der Waals surface area contributed by atoms with Gasteiger partial charge >= 0.3 is 5.97 Å². The predicted molar refractivity (Wildman–Crippen MR) is 137 cm³/mol. The number of epoxide rings is 1. The van der Waals surface area contributed by atoms with E-state index in [1.165, 1.54) is 57.8 Å². The standard InChI is InChI=1S/C31H52O3/c1-7-9-28(32)33-22-14-17-30(6)26-15-16-29(5)24(21(4)11-8-10-20(2)3)12-13-25(29)23(26)18-27-31(30,19-22)34-27/h20-27H,7-19H2,1-6H3/t21-,22+,23+,24-,25+,26+,27+,29-,30-,31?/m1/s1. The smallest absolute Gasteiger partial charge is 0.306 e. The molecule has 0 aromatic rings. The fraction of sp³-hybridized carbons (Fsp3) is 0.968. The summed E-state index contributed by atoms with van der Waals surface area (Å²) in [6.07, 6.45) is 16.3. The third-order valence-electron chi connectivity index (χ3n) is 12.0. The molecule has 194 valence electrons. The molecule has 0 radical (unpaired) electrons. The molecule has 0 amide bonds. The topological polar surface area (TPSA) is 38.8 Å². The van der Waals surface area contributed by atoms with Gasteiger partial charge < -0.3 is 9.47 Å². The molecular formula is C31H52O3. The van der Waals surface area contributed by atoms with E-state index >= 15 is 0 Å². The van der Waals surface area contributed by atoms with Crippen molar-refractivity contribution in [3.63, 3.8) is 0 Å². The second-order valence-electron chi connectivity index (χ2n) is 14.2. The van der Waals surface area contributed by atoms with Crippen LogP contribution >= 0.6 is 0 Å². The molecule has 4 aliphatic carbocycles. The van der Waals surface area contributed by atoms with Crippen LogP contribution in [0.25, 0.3) is 0 Å². The van der Waals surface area contributed by atoms with E-state index in [1.807, 2.05) is 0 Å². The van der Waals surface area contributed by atoms with Gasteiger partial charge in [-0.25, -0.2) is 0 Å². The molecule has 10 atom stereocenters. The first-order valence-electron chi connectivity index (χ1n) is 15.0. The van der Waals surface area contributed by atoms with Crippen molar-refractivity contribution < 1.29 is 14.3 Å². The van der Waals surface area contributed by atoms with Gasteiger partial charge in [0, 0.05) is 18.3 Å². The summed E-state index contributed by atoms with van der Waals surface area (Å²) in [5.41, 5.74) is 0.812. The van der Waals surface area contributed by atoms with Gasteiger partial charge in [-0.3, -0.25) is 4.79 Å².